The first-order valence-corrected chi connectivity index (χ1v) is 5.39. The van der Waals surface area contributed by atoms with E-state index in [0.29, 0.717) is 6.61 Å². The summed E-state index contributed by atoms with van der Waals surface area (Å²) in [6.45, 7) is 0.612. The van der Waals surface area contributed by atoms with E-state index in [-0.39, 0.29) is 0 Å². The fourth-order valence-corrected chi connectivity index (χ4v) is 1.82. The lowest BCUT2D eigenvalue weighted by Crippen LogP contribution is -2.01. The monoisotopic (exact) mass is 217 g/mol. The summed E-state index contributed by atoms with van der Waals surface area (Å²) in [6, 6.07) is 7.80. The van der Waals surface area contributed by atoms with E-state index in [1.807, 2.05) is 24.3 Å². The number of rotatable bonds is 5. The van der Waals surface area contributed by atoms with Crippen molar-refractivity contribution in [2.24, 2.45) is 5.90 Å². The molecule has 0 spiro atoms. The molecule has 0 bridgehead atoms. The van der Waals surface area contributed by atoms with Gasteiger partial charge in [0.1, 0.15) is 0 Å². The molecule has 1 aromatic rings. The van der Waals surface area contributed by atoms with Crippen LogP contribution in [0.25, 0.3) is 0 Å². The lowest BCUT2D eigenvalue weighted by Gasteiger charge is -2.00. The van der Waals surface area contributed by atoms with Gasteiger partial charge in [-0.05, 0) is 30.7 Å². The first-order chi connectivity index (χ1) is 6.33. The summed E-state index contributed by atoms with van der Waals surface area (Å²) in [6.07, 6.45) is 0.962. The summed E-state index contributed by atoms with van der Waals surface area (Å²) >= 11 is 7.52. The van der Waals surface area contributed by atoms with Crippen LogP contribution in [0.1, 0.15) is 6.42 Å². The minimum atomic E-state index is 0.612. The highest BCUT2D eigenvalue weighted by molar-refractivity contribution is 7.99. The second kappa shape index (κ2) is 6.27. The van der Waals surface area contributed by atoms with Crippen molar-refractivity contribution < 1.29 is 4.84 Å². The van der Waals surface area contributed by atoms with E-state index in [4.69, 9.17) is 17.5 Å². The largest absolute Gasteiger partial charge is 0.305 e. The predicted molar refractivity (Wildman–Crippen MR) is 56.9 cm³/mol. The third-order valence-corrected chi connectivity index (χ3v) is 2.84. The third-order valence-electron chi connectivity index (χ3n) is 1.49. The van der Waals surface area contributed by atoms with Crippen LogP contribution in [0.5, 0.6) is 0 Å². The highest BCUT2D eigenvalue weighted by Crippen LogP contribution is 2.20. The maximum Gasteiger partial charge on any atom is 0.0687 e. The average Bonchev–Trinajstić information content (AvgIpc) is 2.15. The lowest BCUT2D eigenvalue weighted by atomic mass is 10.4. The van der Waals surface area contributed by atoms with Gasteiger partial charge in [0.05, 0.1) is 6.61 Å². The van der Waals surface area contributed by atoms with Crippen LogP contribution >= 0.6 is 23.4 Å². The quantitative estimate of drug-likeness (QED) is 0.468. The van der Waals surface area contributed by atoms with Gasteiger partial charge < -0.3 is 4.84 Å². The van der Waals surface area contributed by atoms with Crippen LogP contribution in [0.4, 0.5) is 0 Å². The van der Waals surface area contributed by atoms with Gasteiger partial charge >= 0.3 is 0 Å². The molecule has 0 aliphatic rings. The third kappa shape index (κ3) is 4.52. The van der Waals surface area contributed by atoms with Gasteiger partial charge in [0.2, 0.25) is 0 Å². The molecule has 0 amide bonds. The van der Waals surface area contributed by atoms with E-state index in [1.54, 1.807) is 11.8 Å². The first-order valence-electron chi connectivity index (χ1n) is 4.03. The second-order valence-electron chi connectivity index (χ2n) is 2.53. The molecule has 0 fully saturated rings. The summed E-state index contributed by atoms with van der Waals surface area (Å²) in [7, 11) is 0. The molecule has 0 unspecified atom stereocenters. The number of nitrogens with two attached hydrogens (primary N) is 1. The summed E-state index contributed by atoms with van der Waals surface area (Å²) in [5, 5.41) is 0.773. The number of thioether (sulfide) groups is 1. The molecule has 2 nitrogen and oxygen atoms in total. The molecular weight excluding hydrogens is 206 g/mol. The molecular formula is C9H12ClNOS. The molecule has 4 heteroatoms. The number of halogens is 1. The Kier molecular flexibility index (Phi) is 5.23. The Bertz CT molecular complexity index is 240. The van der Waals surface area contributed by atoms with Crippen LogP contribution < -0.4 is 5.90 Å². The SMILES string of the molecule is NOCCCSc1ccc(Cl)cc1. The maximum absolute atomic E-state index is 5.75. The molecule has 0 atom stereocenters. The molecule has 0 aliphatic heterocycles. The Hall–Kier alpha value is -0.220. The zero-order chi connectivity index (χ0) is 9.52. The molecule has 0 aliphatic carbocycles. The van der Waals surface area contributed by atoms with Gasteiger partial charge in [-0.2, -0.15) is 0 Å². The standard InChI is InChI=1S/C9H12ClNOS/c10-8-2-4-9(5-3-8)13-7-1-6-12-11/h2-5H,1,6-7,11H2. The van der Waals surface area contributed by atoms with Gasteiger partial charge in [0.25, 0.3) is 0 Å². The lowest BCUT2D eigenvalue weighted by molar-refractivity contribution is 0.139. The summed E-state index contributed by atoms with van der Waals surface area (Å²) in [5.41, 5.74) is 0. The highest BCUT2D eigenvalue weighted by Gasteiger charge is 1.93. The Morgan fingerprint density at radius 2 is 2.00 bits per heavy atom. The van der Waals surface area contributed by atoms with Gasteiger partial charge in [-0.15, -0.1) is 11.8 Å². The van der Waals surface area contributed by atoms with Crippen molar-refractivity contribution in [1.29, 1.82) is 0 Å². The molecule has 0 heterocycles. The molecule has 0 radical (unpaired) electrons. The first kappa shape index (κ1) is 10.9. The van der Waals surface area contributed by atoms with Gasteiger partial charge in [-0.25, -0.2) is 5.90 Å². The van der Waals surface area contributed by atoms with Crippen molar-refractivity contribution in [1.82, 2.24) is 0 Å². The average molecular weight is 218 g/mol. The van der Waals surface area contributed by atoms with Gasteiger partial charge in [0, 0.05) is 15.7 Å². The summed E-state index contributed by atoms with van der Waals surface area (Å²) < 4.78 is 0. The normalized spacial score (nSPS) is 10.3. The summed E-state index contributed by atoms with van der Waals surface area (Å²) in [4.78, 5) is 5.69. The minimum absolute atomic E-state index is 0.612. The zero-order valence-electron chi connectivity index (χ0n) is 7.20. The molecule has 2 N–H and O–H groups in total. The van der Waals surface area contributed by atoms with E-state index >= 15 is 0 Å². The topological polar surface area (TPSA) is 35.2 Å². The van der Waals surface area contributed by atoms with Crippen molar-refractivity contribution in [2.75, 3.05) is 12.4 Å². The van der Waals surface area contributed by atoms with Crippen LogP contribution in [0.2, 0.25) is 5.02 Å². The van der Waals surface area contributed by atoms with Gasteiger partial charge in [-0.3, -0.25) is 0 Å². The van der Waals surface area contributed by atoms with Crippen molar-refractivity contribution in [3.05, 3.63) is 29.3 Å². The van der Waals surface area contributed by atoms with E-state index in [1.165, 1.54) is 4.90 Å². The fourth-order valence-electron chi connectivity index (χ4n) is 0.863. The Labute approximate surface area is 87.4 Å². The second-order valence-corrected chi connectivity index (χ2v) is 4.13. The Morgan fingerprint density at radius 1 is 1.31 bits per heavy atom. The zero-order valence-corrected chi connectivity index (χ0v) is 8.77. The fraction of sp³-hybridized carbons (Fsp3) is 0.333. The molecule has 1 rings (SSSR count). The van der Waals surface area contributed by atoms with Crippen molar-refractivity contribution in [3.8, 4) is 0 Å². The van der Waals surface area contributed by atoms with Crippen molar-refractivity contribution in [2.45, 2.75) is 11.3 Å². The van der Waals surface area contributed by atoms with Crippen molar-refractivity contribution >= 4 is 23.4 Å². The van der Waals surface area contributed by atoms with E-state index in [2.05, 4.69) is 4.84 Å². The Balaban J connectivity index is 2.25. The summed E-state index contributed by atoms with van der Waals surface area (Å²) in [5.74, 6) is 5.91. The van der Waals surface area contributed by atoms with Gasteiger partial charge in [-0.1, -0.05) is 11.6 Å². The molecule has 0 saturated carbocycles. The van der Waals surface area contributed by atoms with Crippen LogP contribution in [0.3, 0.4) is 0 Å². The van der Waals surface area contributed by atoms with Crippen LogP contribution in [0.15, 0.2) is 29.2 Å². The molecule has 72 valence electrons. The molecule has 0 saturated heterocycles. The minimum Gasteiger partial charge on any atom is -0.305 e. The number of benzene rings is 1. The van der Waals surface area contributed by atoms with E-state index in [9.17, 15) is 0 Å². The van der Waals surface area contributed by atoms with Crippen LogP contribution in [-0.4, -0.2) is 12.4 Å². The number of hydrogen-bond acceptors (Lipinski definition) is 3. The van der Waals surface area contributed by atoms with E-state index in [0.717, 1.165) is 17.2 Å². The van der Waals surface area contributed by atoms with Gasteiger partial charge in [0.15, 0.2) is 0 Å². The van der Waals surface area contributed by atoms with E-state index < -0.39 is 0 Å². The molecule has 0 aromatic heterocycles. The smallest absolute Gasteiger partial charge is 0.0687 e. The van der Waals surface area contributed by atoms with Crippen LogP contribution in [-0.2, 0) is 4.84 Å². The predicted octanol–water partition coefficient (Wildman–Crippen LogP) is 2.71. The van der Waals surface area contributed by atoms with Crippen LogP contribution in [0, 0.1) is 0 Å². The Morgan fingerprint density at radius 3 is 2.62 bits per heavy atom. The highest BCUT2D eigenvalue weighted by atomic mass is 35.5. The van der Waals surface area contributed by atoms with Crippen molar-refractivity contribution in [3.63, 3.8) is 0 Å². The maximum atomic E-state index is 5.75. The molecule has 1 aromatic carbocycles. The number of hydrogen-bond donors (Lipinski definition) is 1. The molecule has 13 heavy (non-hydrogen) atoms.